The number of carbonyl (C=O) groups excluding carboxylic acids is 2. The lowest BCUT2D eigenvalue weighted by Gasteiger charge is -2.21. The summed E-state index contributed by atoms with van der Waals surface area (Å²) in [7, 11) is -4.91. The van der Waals surface area contributed by atoms with Crippen LogP contribution in [-0.4, -0.2) is 36.1 Å². The third-order valence-electron chi connectivity index (χ3n) is 5.14. The minimum atomic E-state index is -4.91. The van der Waals surface area contributed by atoms with Crippen LogP contribution in [0.5, 0.6) is 0 Å². The Labute approximate surface area is 218 Å². The molecule has 0 aliphatic rings. The molecule has 0 fully saturated rings. The first-order valence-corrected chi connectivity index (χ1v) is 13.1. The number of carbonyl (C=O) groups is 2. The summed E-state index contributed by atoms with van der Waals surface area (Å²) in [6.45, 7) is 12.4. The highest BCUT2D eigenvalue weighted by Crippen LogP contribution is 2.37. The van der Waals surface area contributed by atoms with Gasteiger partial charge in [0.05, 0.1) is 16.0 Å². The summed E-state index contributed by atoms with van der Waals surface area (Å²) in [5, 5.41) is 0. The van der Waals surface area contributed by atoms with E-state index < -0.39 is 33.3 Å². The zero-order valence-electron chi connectivity index (χ0n) is 22.0. The summed E-state index contributed by atoms with van der Waals surface area (Å²) in [6, 6.07) is 15.7. The zero-order chi connectivity index (χ0) is 27.8. The first kappa shape index (κ1) is 28.1. The third kappa shape index (κ3) is 7.27. The molecule has 0 N–H and O–H groups in total. The number of esters is 2. The standard InChI is InChI=1S/C29H32O7S/c1-18-16-23(19-8-12-21(13-9-19)26(30)35-28(2,3)4)25(37(32,33)34)24(17-18)20-10-14-22(15-11-20)27(31)36-29(5,6)7/h8-17H,1-7H3,(H,32,33,34)/p-1. The molecule has 0 aromatic heterocycles. The third-order valence-corrected chi connectivity index (χ3v) is 6.08. The molecule has 3 rings (SSSR count). The van der Waals surface area contributed by atoms with Crippen molar-refractivity contribution in [1.29, 1.82) is 0 Å². The number of rotatable bonds is 5. The van der Waals surface area contributed by atoms with Crippen LogP contribution in [0.1, 0.15) is 67.8 Å². The van der Waals surface area contributed by atoms with Crippen molar-refractivity contribution in [2.45, 2.75) is 64.6 Å². The van der Waals surface area contributed by atoms with E-state index in [0.717, 1.165) is 5.56 Å². The van der Waals surface area contributed by atoms with Gasteiger partial charge in [0.25, 0.3) is 0 Å². The Morgan fingerprint density at radius 2 is 1.00 bits per heavy atom. The topological polar surface area (TPSA) is 110 Å². The van der Waals surface area contributed by atoms with E-state index in [4.69, 9.17) is 9.47 Å². The predicted molar refractivity (Wildman–Crippen MR) is 140 cm³/mol. The Kier molecular flexibility index (Phi) is 7.67. The molecule has 37 heavy (non-hydrogen) atoms. The first-order chi connectivity index (χ1) is 16.9. The molecule has 0 radical (unpaired) electrons. The van der Waals surface area contributed by atoms with Gasteiger partial charge in [-0.15, -0.1) is 0 Å². The molecule has 0 spiro atoms. The fraction of sp³-hybridized carbons (Fsp3) is 0.310. The molecule has 7 nitrogen and oxygen atoms in total. The van der Waals surface area contributed by atoms with Crippen LogP contribution in [0.3, 0.4) is 0 Å². The maximum atomic E-state index is 12.5. The van der Waals surface area contributed by atoms with E-state index in [9.17, 15) is 22.6 Å². The molecule has 0 amide bonds. The van der Waals surface area contributed by atoms with Crippen molar-refractivity contribution in [3.63, 3.8) is 0 Å². The molecule has 0 saturated carbocycles. The summed E-state index contributed by atoms with van der Waals surface area (Å²) >= 11 is 0. The Morgan fingerprint density at radius 1 is 0.676 bits per heavy atom. The average molecular weight is 524 g/mol. The highest BCUT2D eigenvalue weighted by atomic mass is 32.2. The zero-order valence-corrected chi connectivity index (χ0v) is 22.9. The van der Waals surface area contributed by atoms with Gasteiger partial charge in [-0.2, -0.15) is 0 Å². The Balaban J connectivity index is 2.08. The number of ether oxygens (including phenoxy) is 2. The summed E-state index contributed by atoms with van der Waals surface area (Å²) in [5.41, 5.74) is 1.35. The predicted octanol–water partition coefficient (Wildman–Crippen LogP) is 6.14. The molecule has 3 aromatic carbocycles. The first-order valence-electron chi connectivity index (χ1n) is 11.7. The Hall–Kier alpha value is -3.49. The van der Waals surface area contributed by atoms with Crippen LogP contribution < -0.4 is 0 Å². The summed E-state index contributed by atoms with van der Waals surface area (Å²) < 4.78 is 48.2. The van der Waals surface area contributed by atoms with Gasteiger partial charge in [-0.1, -0.05) is 36.4 Å². The summed E-state index contributed by atoms with van der Waals surface area (Å²) in [4.78, 5) is 24.4. The second-order valence-corrected chi connectivity index (χ2v) is 12.1. The SMILES string of the molecule is Cc1cc(-c2ccc(C(=O)OC(C)(C)C)cc2)c(S(=O)(=O)[O-])c(-c2ccc(C(=O)OC(C)(C)C)cc2)c1. The number of hydrogen-bond donors (Lipinski definition) is 0. The van der Waals surface area contributed by atoms with Crippen LogP contribution in [0.25, 0.3) is 22.3 Å². The van der Waals surface area contributed by atoms with Gasteiger partial charge in [0.1, 0.15) is 21.3 Å². The number of hydrogen-bond acceptors (Lipinski definition) is 7. The van der Waals surface area contributed by atoms with Gasteiger partial charge in [0.2, 0.25) is 0 Å². The van der Waals surface area contributed by atoms with Gasteiger partial charge in [-0.05, 0) is 89.4 Å². The van der Waals surface area contributed by atoms with Crippen molar-refractivity contribution in [2.75, 3.05) is 0 Å². The molecule has 0 atom stereocenters. The van der Waals surface area contributed by atoms with Crippen LogP contribution >= 0.6 is 0 Å². The average Bonchev–Trinajstić information content (AvgIpc) is 2.75. The molecule has 0 saturated heterocycles. The van der Waals surface area contributed by atoms with E-state index in [1.807, 2.05) is 0 Å². The maximum absolute atomic E-state index is 12.5. The van der Waals surface area contributed by atoms with Gasteiger partial charge < -0.3 is 14.0 Å². The monoisotopic (exact) mass is 523 g/mol. The number of aryl methyl sites for hydroxylation is 1. The van der Waals surface area contributed by atoms with Gasteiger partial charge in [0, 0.05) is 11.1 Å². The molecule has 0 bridgehead atoms. The normalized spacial score (nSPS) is 12.2. The maximum Gasteiger partial charge on any atom is 0.338 e. The smallest absolute Gasteiger partial charge is 0.338 e. The van der Waals surface area contributed by atoms with E-state index in [0.29, 0.717) is 22.3 Å². The lowest BCUT2D eigenvalue weighted by molar-refractivity contribution is 0.00570. The molecule has 0 aliphatic heterocycles. The van der Waals surface area contributed by atoms with Gasteiger partial charge in [0.15, 0.2) is 0 Å². The highest BCUT2D eigenvalue weighted by molar-refractivity contribution is 7.86. The largest absolute Gasteiger partial charge is 0.744 e. The quantitative estimate of drug-likeness (QED) is 0.292. The lowest BCUT2D eigenvalue weighted by Crippen LogP contribution is -2.23. The molecular weight excluding hydrogens is 492 g/mol. The van der Waals surface area contributed by atoms with E-state index in [1.54, 1.807) is 84.9 Å². The molecule has 0 heterocycles. The van der Waals surface area contributed by atoms with Crippen LogP contribution in [-0.2, 0) is 19.6 Å². The second-order valence-electron chi connectivity index (χ2n) is 10.8. The van der Waals surface area contributed by atoms with Gasteiger partial charge in [-0.25, -0.2) is 18.0 Å². The van der Waals surface area contributed by atoms with Crippen molar-refractivity contribution < 1.29 is 32.0 Å². The van der Waals surface area contributed by atoms with E-state index in [1.165, 1.54) is 24.3 Å². The van der Waals surface area contributed by atoms with Crippen molar-refractivity contribution in [2.24, 2.45) is 0 Å². The van der Waals surface area contributed by atoms with E-state index >= 15 is 0 Å². The van der Waals surface area contributed by atoms with Gasteiger partial charge >= 0.3 is 11.9 Å². The van der Waals surface area contributed by atoms with Crippen LogP contribution in [0.4, 0.5) is 0 Å². The lowest BCUT2D eigenvalue weighted by atomic mass is 9.95. The second kappa shape index (κ2) is 10.1. The fourth-order valence-electron chi connectivity index (χ4n) is 3.72. The highest BCUT2D eigenvalue weighted by Gasteiger charge is 2.22. The molecule has 196 valence electrons. The van der Waals surface area contributed by atoms with Crippen molar-refractivity contribution in [3.05, 3.63) is 77.4 Å². The molecular formula is C29H31O7S-. The van der Waals surface area contributed by atoms with Crippen LogP contribution in [0.15, 0.2) is 65.6 Å². The minimum absolute atomic E-state index is 0.219. The fourth-order valence-corrected chi connectivity index (χ4v) is 4.61. The summed E-state index contributed by atoms with van der Waals surface area (Å²) in [6.07, 6.45) is 0. The van der Waals surface area contributed by atoms with Crippen LogP contribution in [0, 0.1) is 6.92 Å². The van der Waals surface area contributed by atoms with Crippen molar-refractivity contribution in [3.8, 4) is 22.3 Å². The molecule has 0 unspecified atom stereocenters. The Morgan fingerprint density at radius 3 is 1.27 bits per heavy atom. The van der Waals surface area contributed by atoms with Crippen molar-refractivity contribution in [1.82, 2.24) is 0 Å². The van der Waals surface area contributed by atoms with Crippen molar-refractivity contribution >= 4 is 22.1 Å². The van der Waals surface area contributed by atoms with Crippen LogP contribution in [0.2, 0.25) is 0 Å². The van der Waals surface area contributed by atoms with Gasteiger partial charge in [-0.3, -0.25) is 0 Å². The van der Waals surface area contributed by atoms with E-state index in [-0.39, 0.29) is 16.0 Å². The Bertz CT molecular complexity index is 1330. The summed E-state index contributed by atoms with van der Waals surface area (Å²) in [5.74, 6) is -1.02. The molecule has 3 aromatic rings. The molecule has 8 heteroatoms. The minimum Gasteiger partial charge on any atom is -0.744 e. The van der Waals surface area contributed by atoms with E-state index in [2.05, 4.69) is 0 Å². The molecule has 0 aliphatic carbocycles. The number of benzene rings is 3.